The number of halogens is 1. The van der Waals surface area contributed by atoms with Crippen LogP contribution in [0.1, 0.15) is 5.56 Å². The molecule has 3 aromatic rings. The predicted octanol–water partition coefficient (Wildman–Crippen LogP) is 3.19. The van der Waals surface area contributed by atoms with Crippen molar-refractivity contribution in [1.29, 1.82) is 0 Å². The van der Waals surface area contributed by atoms with Gasteiger partial charge < -0.3 is 9.88 Å². The first-order valence-corrected chi connectivity index (χ1v) is 6.83. The summed E-state index contributed by atoms with van der Waals surface area (Å²) in [7, 11) is 0. The Kier molecular flexibility index (Phi) is 3.96. The fourth-order valence-electron chi connectivity index (χ4n) is 2.17. The van der Waals surface area contributed by atoms with E-state index in [1.165, 1.54) is 12.1 Å². The zero-order valence-electron chi connectivity index (χ0n) is 11.7. The highest BCUT2D eigenvalue weighted by Crippen LogP contribution is 2.13. The summed E-state index contributed by atoms with van der Waals surface area (Å²) < 4.78 is 15.0. The van der Waals surface area contributed by atoms with Crippen LogP contribution in [-0.2, 0) is 11.2 Å². The largest absolute Gasteiger partial charge is 0.326 e. The Morgan fingerprint density at radius 3 is 2.68 bits per heavy atom. The van der Waals surface area contributed by atoms with Crippen LogP contribution in [0.15, 0.2) is 67.3 Å². The molecule has 0 aliphatic heterocycles. The van der Waals surface area contributed by atoms with Crippen LogP contribution in [0.3, 0.4) is 0 Å². The summed E-state index contributed by atoms with van der Waals surface area (Å²) in [5.74, 6) is -0.518. The van der Waals surface area contributed by atoms with Crippen LogP contribution in [0.2, 0.25) is 0 Å². The zero-order chi connectivity index (χ0) is 15.4. The van der Waals surface area contributed by atoms with Crippen molar-refractivity contribution < 1.29 is 9.18 Å². The first kappa shape index (κ1) is 14.0. The molecule has 1 heterocycles. The summed E-state index contributed by atoms with van der Waals surface area (Å²) >= 11 is 0. The lowest BCUT2D eigenvalue weighted by Crippen LogP contribution is -2.14. The number of carbonyl (C=O) groups is 1. The van der Waals surface area contributed by atoms with Crippen LogP contribution >= 0.6 is 0 Å². The number of nitrogens with one attached hydrogen (secondary N) is 1. The SMILES string of the molecule is O=C(Cc1cccc(F)c1)Nc1ccc(-n2ccnc2)cc1. The first-order valence-electron chi connectivity index (χ1n) is 6.83. The quantitative estimate of drug-likeness (QED) is 0.803. The molecule has 0 aliphatic carbocycles. The van der Waals surface area contributed by atoms with Crippen molar-refractivity contribution >= 4 is 11.6 Å². The van der Waals surface area contributed by atoms with Crippen molar-refractivity contribution in [1.82, 2.24) is 9.55 Å². The second-order valence-corrected chi connectivity index (χ2v) is 4.87. The molecule has 0 saturated carbocycles. The van der Waals surface area contributed by atoms with Gasteiger partial charge in [-0.2, -0.15) is 0 Å². The second-order valence-electron chi connectivity index (χ2n) is 4.87. The molecule has 0 saturated heterocycles. The minimum atomic E-state index is -0.338. The Morgan fingerprint density at radius 1 is 1.18 bits per heavy atom. The van der Waals surface area contributed by atoms with E-state index in [0.29, 0.717) is 11.3 Å². The summed E-state index contributed by atoms with van der Waals surface area (Å²) in [6, 6.07) is 13.5. The van der Waals surface area contributed by atoms with Gasteiger partial charge >= 0.3 is 0 Å². The molecule has 0 atom stereocenters. The molecule has 0 bridgehead atoms. The average Bonchev–Trinajstić information content (AvgIpc) is 3.02. The fourth-order valence-corrected chi connectivity index (χ4v) is 2.17. The summed E-state index contributed by atoms with van der Waals surface area (Å²) in [4.78, 5) is 15.9. The number of hydrogen-bond acceptors (Lipinski definition) is 2. The summed E-state index contributed by atoms with van der Waals surface area (Å²) in [6.07, 6.45) is 5.39. The molecule has 0 fully saturated rings. The third-order valence-electron chi connectivity index (χ3n) is 3.21. The van der Waals surface area contributed by atoms with Gasteiger partial charge in [0.15, 0.2) is 0 Å². The van der Waals surface area contributed by atoms with Gasteiger partial charge in [0, 0.05) is 23.8 Å². The molecule has 0 aliphatic rings. The average molecular weight is 295 g/mol. The Morgan fingerprint density at radius 2 is 2.00 bits per heavy atom. The van der Waals surface area contributed by atoms with Crippen molar-refractivity contribution in [3.8, 4) is 5.69 Å². The highest BCUT2D eigenvalue weighted by molar-refractivity contribution is 5.92. The van der Waals surface area contributed by atoms with Crippen LogP contribution in [0.25, 0.3) is 5.69 Å². The van der Waals surface area contributed by atoms with Gasteiger partial charge in [0.25, 0.3) is 0 Å². The van der Waals surface area contributed by atoms with Crippen molar-refractivity contribution in [2.75, 3.05) is 5.32 Å². The van der Waals surface area contributed by atoms with E-state index in [9.17, 15) is 9.18 Å². The molecular weight excluding hydrogens is 281 g/mol. The van der Waals surface area contributed by atoms with Gasteiger partial charge in [0.05, 0.1) is 12.7 Å². The number of anilines is 1. The molecule has 0 spiro atoms. The summed E-state index contributed by atoms with van der Waals surface area (Å²) in [6.45, 7) is 0. The molecule has 110 valence electrons. The molecule has 1 N–H and O–H groups in total. The molecule has 1 aromatic heterocycles. The first-order chi connectivity index (χ1) is 10.7. The molecule has 0 radical (unpaired) electrons. The zero-order valence-corrected chi connectivity index (χ0v) is 11.7. The van der Waals surface area contributed by atoms with Crippen LogP contribution < -0.4 is 5.32 Å². The standard InChI is InChI=1S/C17H14FN3O/c18-14-3-1-2-13(10-14)11-17(22)20-15-4-6-16(7-5-15)21-9-8-19-12-21/h1-10,12H,11H2,(H,20,22). The van der Waals surface area contributed by atoms with Gasteiger partial charge in [0.2, 0.25) is 5.91 Å². The van der Waals surface area contributed by atoms with E-state index in [0.717, 1.165) is 5.69 Å². The maximum Gasteiger partial charge on any atom is 0.228 e. The Hall–Kier alpha value is -2.95. The topological polar surface area (TPSA) is 46.9 Å². The third kappa shape index (κ3) is 3.38. The number of imidazole rings is 1. The Balaban J connectivity index is 1.64. The molecule has 2 aromatic carbocycles. The van der Waals surface area contributed by atoms with Crippen LogP contribution in [0.4, 0.5) is 10.1 Å². The third-order valence-corrected chi connectivity index (χ3v) is 3.21. The maximum atomic E-state index is 13.1. The number of benzene rings is 2. The number of aromatic nitrogens is 2. The van der Waals surface area contributed by atoms with Gasteiger partial charge in [-0.05, 0) is 42.0 Å². The second kappa shape index (κ2) is 6.22. The minimum absolute atomic E-state index is 0.140. The maximum absolute atomic E-state index is 13.1. The smallest absolute Gasteiger partial charge is 0.228 e. The van der Waals surface area contributed by atoms with Gasteiger partial charge in [-0.15, -0.1) is 0 Å². The van der Waals surface area contributed by atoms with Crippen LogP contribution in [0, 0.1) is 5.82 Å². The Labute approximate surface area is 127 Å². The van der Waals surface area contributed by atoms with Crippen LogP contribution in [0.5, 0.6) is 0 Å². The molecule has 4 nitrogen and oxygen atoms in total. The van der Waals surface area contributed by atoms with Crippen molar-refractivity contribution in [3.63, 3.8) is 0 Å². The van der Waals surface area contributed by atoms with E-state index < -0.39 is 0 Å². The molecule has 0 unspecified atom stereocenters. The predicted molar refractivity (Wildman–Crippen MR) is 82.3 cm³/mol. The van der Waals surface area contributed by atoms with Crippen LogP contribution in [-0.4, -0.2) is 15.5 Å². The number of hydrogen-bond donors (Lipinski definition) is 1. The van der Waals surface area contributed by atoms with Gasteiger partial charge in [0.1, 0.15) is 5.82 Å². The summed E-state index contributed by atoms with van der Waals surface area (Å²) in [5, 5.41) is 2.80. The Bertz CT molecular complexity index is 767. The molecule has 22 heavy (non-hydrogen) atoms. The van der Waals surface area contributed by atoms with E-state index >= 15 is 0 Å². The number of carbonyl (C=O) groups excluding carboxylic acids is 1. The lowest BCUT2D eigenvalue weighted by molar-refractivity contribution is -0.115. The van der Waals surface area contributed by atoms with Crippen molar-refractivity contribution in [2.24, 2.45) is 0 Å². The van der Waals surface area contributed by atoms with Gasteiger partial charge in [-0.3, -0.25) is 4.79 Å². The van der Waals surface area contributed by atoms with E-state index in [-0.39, 0.29) is 18.1 Å². The van der Waals surface area contributed by atoms with Gasteiger partial charge in [-0.1, -0.05) is 12.1 Å². The molecule has 3 rings (SSSR count). The summed E-state index contributed by atoms with van der Waals surface area (Å²) in [5.41, 5.74) is 2.30. The van der Waals surface area contributed by atoms with E-state index in [1.54, 1.807) is 24.7 Å². The molecule has 1 amide bonds. The lowest BCUT2D eigenvalue weighted by Gasteiger charge is -2.07. The highest BCUT2D eigenvalue weighted by Gasteiger charge is 2.05. The van der Waals surface area contributed by atoms with E-state index in [1.807, 2.05) is 35.0 Å². The minimum Gasteiger partial charge on any atom is -0.326 e. The number of nitrogens with zero attached hydrogens (tertiary/aromatic N) is 2. The number of amides is 1. The van der Waals surface area contributed by atoms with Gasteiger partial charge in [-0.25, -0.2) is 9.37 Å². The highest BCUT2D eigenvalue weighted by atomic mass is 19.1. The lowest BCUT2D eigenvalue weighted by atomic mass is 10.1. The fraction of sp³-hybridized carbons (Fsp3) is 0.0588. The van der Waals surface area contributed by atoms with E-state index in [4.69, 9.17) is 0 Å². The van der Waals surface area contributed by atoms with Crippen molar-refractivity contribution in [2.45, 2.75) is 6.42 Å². The monoisotopic (exact) mass is 295 g/mol. The molecule has 5 heteroatoms. The van der Waals surface area contributed by atoms with E-state index in [2.05, 4.69) is 10.3 Å². The van der Waals surface area contributed by atoms with Crippen molar-refractivity contribution in [3.05, 3.63) is 78.6 Å². The normalized spacial score (nSPS) is 10.4. The number of rotatable bonds is 4. The molecular formula is C17H14FN3O.